The lowest BCUT2D eigenvalue weighted by molar-refractivity contribution is 0.477. The molecule has 5 nitrogen and oxygen atoms in total. The first-order valence-corrected chi connectivity index (χ1v) is 17.4. The number of aromatic nitrogens is 2. The summed E-state index contributed by atoms with van der Waals surface area (Å²) in [6, 6.07) is 58.9. The van der Waals surface area contributed by atoms with Gasteiger partial charge in [-0.1, -0.05) is 103 Å². The van der Waals surface area contributed by atoms with E-state index >= 15 is 0 Å². The Hall–Kier alpha value is -6.37. The second-order valence-electron chi connectivity index (χ2n) is 12.3. The van der Waals surface area contributed by atoms with Crippen LogP contribution in [-0.4, -0.2) is 9.97 Å². The minimum Gasteiger partial charge on any atom is -0.453 e. The molecule has 0 aliphatic carbocycles. The van der Waals surface area contributed by atoms with Crippen molar-refractivity contribution in [3.05, 3.63) is 170 Å². The lowest BCUT2D eigenvalue weighted by Gasteiger charge is -2.33. The molecular formula is C44H28N4OS. The van der Waals surface area contributed by atoms with Crippen LogP contribution in [0.15, 0.2) is 180 Å². The molecule has 2 aliphatic heterocycles. The molecule has 0 saturated heterocycles. The fourth-order valence-electron chi connectivity index (χ4n) is 6.93. The van der Waals surface area contributed by atoms with E-state index in [0.29, 0.717) is 5.82 Å². The number of hydrogen-bond acceptors (Lipinski definition) is 6. The molecule has 1 aromatic heterocycles. The Morgan fingerprint density at radius 3 is 1.64 bits per heavy atom. The van der Waals surface area contributed by atoms with Crippen molar-refractivity contribution < 1.29 is 4.74 Å². The van der Waals surface area contributed by atoms with E-state index in [9.17, 15) is 0 Å². The molecule has 0 N–H and O–H groups in total. The van der Waals surface area contributed by atoms with Gasteiger partial charge in [0.25, 0.3) is 0 Å². The van der Waals surface area contributed by atoms with Gasteiger partial charge in [-0.2, -0.15) is 0 Å². The maximum Gasteiger partial charge on any atom is 0.160 e. The minimum atomic E-state index is 0.688. The number of benzene rings is 7. The Balaban J connectivity index is 1.12. The number of para-hydroxylation sites is 6. The average molecular weight is 661 g/mol. The van der Waals surface area contributed by atoms with Crippen LogP contribution >= 0.6 is 11.8 Å². The predicted octanol–water partition coefficient (Wildman–Crippen LogP) is 12.5. The van der Waals surface area contributed by atoms with E-state index in [1.165, 1.54) is 21.2 Å². The van der Waals surface area contributed by atoms with Crippen molar-refractivity contribution in [3.63, 3.8) is 0 Å². The highest BCUT2D eigenvalue weighted by molar-refractivity contribution is 7.99. The number of fused-ring (bicyclic) bond motifs is 5. The third-order valence-corrected chi connectivity index (χ3v) is 10.4. The molecule has 0 fully saturated rings. The summed E-state index contributed by atoms with van der Waals surface area (Å²) in [5.41, 5.74) is 10.2. The van der Waals surface area contributed by atoms with Crippen LogP contribution in [0.3, 0.4) is 0 Å². The first-order valence-electron chi connectivity index (χ1n) is 16.6. The van der Waals surface area contributed by atoms with Crippen molar-refractivity contribution in [2.24, 2.45) is 0 Å². The standard InChI is InChI=1S/C44H28N4OS/c1-2-12-30(13-3-1)44-45-34-28-32(48-35-14-4-8-18-39(35)49-40-19-9-5-15-36(40)48)26-27-33(34)43(46-44)29-22-24-31(25-23-29)47-37-16-6-10-20-41(37)50-42-21-11-7-17-38(42)47/h1-28H. The van der Waals surface area contributed by atoms with Crippen LogP contribution in [0.4, 0.5) is 34.1 Å². The molecule has 236 valence electrons. The zero-order valence-electron chi connectivity index (χ0n) is 26.8. The SMILES string of the molecule is c1ccc(-c2nc(-c3ccc(N4c5ccccc5Sc5ccccc54)cc3)c3ccc(N4c5ccccc5Oc5ccccc54)cc3n2)cc1. The monoisotopic (exact) mass is 660 g/mol. The average Bonchev–Trinajstić information content (AvgIpc) is 3.18. The first-order chi connectivity index (χ1) is 24.8. The normalized spacial score (nSPS) is 12.8. The van der Waals surface area contributed by atoms with Crippen LogP contribution in [0.2, 0.25) is 0 Å². The molecule has 0 unspecified atom stereocenters. The molecule has 0 radical (unpaired) electrons. The van der Waals surface area contributed by atoms with Gasteiger partial charge in [-0.05, 0) is 78.9 Å². The summed E-state index contributed by atoms with van der Waals surface area (Å²) < 4.78 is 6.29. The molecule has 6 heteroatoms. The molecule has 0 spiro atoms. The van der Waals surface area contributed by atoms with Crippen LogP contribution in [0.25, 0.3) is 33.5 Å². The van der Waals surface area contributed by atoms with Crippen LogP contribution < -0.4 is 14.5 Å². The van der Waals surface area contributed by atoms with Gasteiger partial charge in [0.05, 0.1) is 34.0 Å². The van der Waals surface area contributed by atoms with E-state index in [1.807, 2.05) is 66.4 Å². The Morgan fingerprint density at radius 2 is 0.980 bits per heavy atom. The number of hydrogen-bond donors (Lipinski definition) is 0. The maximum atomic E-state index is 6.29. The summed E-state index contributed by atoms with van der Waals surface area (Å²) in [4.78, 5) is 17.5. The molecule has 0 bridgehead atoms. The van der Waals surface area contributed by atoms with E-state index < -0.39 is 0 Å². The van der Waals surface area contributed by atoms with Crippen LogP contribution in [0.1, 0.15) is 0 Å². The van der Waals surface area contributed by atoms with E-state index in [1.54, 1.807) is 0 Å². The Kier molecular flexibility index (Phi) is 6.67. The van der Waals surface area contributed by atoms with Gasteiger partial charge < -0.3 is 14.5 Å². The Labute approximate surface area is 294 Å². The zero-order valence-corrected chi connectivity index (χ0v) is 27.6. The number of rotatable bonds is 4. The summed E-state index contributed by atoms with van der Waals surface area (Å²) in [6.45, 7) is 0. The van der Waals surface area contributed by atoms with Crippen molar-refractivity contribution in [3.8, 4) is 34.1 Å². The molecule has 50 heavy (non-hydrogen) atoms. The highest BCUT2D eigenvalue weighted by Gasteiger charge is 2.27. The van der Waals surface area contributed by atoms with Gasteiger partial charge in [0, 0.05) is 37.7 Å². The van der Waals surface area contributed by atoms with E-state index in [2.05, 4.69) is 125 Å². The van der Waals surface area contributed by atoms with E-state index in [-0.39, 0.29) is 0 Å². The van der Waals surface area contributed by atoms with Gasteiger partial charge in [0.1, 0.15) is 0 Å². The molecule has 2 aliphatic rings. The fourth-order valence-corrected chi connectivity index (χ4v) is 7.99. The topological polar surface area (TPSA) is 41.5 Å². The van der Waals surface area contributed by atoms with Gasteiger partial charge in [-0.15, -0.1) is 0 Å². The van der Waals surface area contributed by atoms with Gasteiger partial charge in [-0.3, -0.25) is 0 Å². The first kappa shape index (κ1) is 28.6. The lowest BCUT2D eigenvalue weighted by Crippen LogP contribution is -2.15. The lowest BCUT2D eigenvalue weighted by atomic mass is 10.0. The van der Waals surface area contributed by atoms with Crippen LogP contribution in [-0.2, 0) is 0 Å². The summed E-state index contributed by atoms with van der Waals surface area (Å²) >= 11 is 1.82. The van der Waals surface area contributed by atoms with Crippen molar-refractivity contribution in [2.45, 2.75) is 9.79 Å². The van der Waals surface area contributed by atoms with E-state index in [0.717, 1.165) is 62.0 Å². The third-order valence-electron chi connectivity index (χ3n) is 9.23. The summed E-state index contributed by atoms with van der Waals surface area (Å²) in [5.74, 6) is 2.32. The van der Waals surface area contributed by atoms with Crippen LogP contribution in [0, 0.1) is 0 Å². The highest BCUT2D eigenvalue weighted by atomic mass is 32.2. The summed E-state index contributed by atoms with van der Waals surface area (Å²) in [7, 11) is 0. The molecular weight excluding hydrogens is 633 g/mol. The molecule has 0 saturated carbocycles. The van der Waals surface area contributed by atoms with Gasteiger partial charge in [-0.25, -0.2) is 9.97 Å². The number of ether oxygens (including phenoxy) is 1. The summed E-state index contributed by atoms with van der Waals surface area (Å²) in [6.07, 6.45) is 0. The Morgan fingerprint density at radius 1 is 0.440 bits per heavy atom. The molecule has 0 atom stereocenters. The van der Waals surface area contributed by atoms with Crippen molar-refractivity contribution in [1.29, 1.82) is 0 Å². The van der Waals surface area contributed by atoms with Crippen LogP contribution in [0.5, 0.6) is 11.5 Å². The number of anilines is 6. The second-order valence-corrected chi connectivity index (χ2v) is 13.3. The fraction of sp³-hybridized carbons (Fsp3) is 0. The smallest absolute Gasteiger partial charge is 0.160 e. The molecule has 8 aromatic rings. The quantitative estimate of drug-likeness (QED) is 0.187. The van der Waals surface area contributed by atoms with Gasteiger partial charge in [0.2, 0.25) is 0 Å². The van der Waals surface area contributed by atoms with Gasteiger partial charge in [0.15, 0.2) is 17.3 Å². The Bertz CT molecular complexity index is 2480. The minimum absolute atomic E-state index is 0.688. The predicted molar refractivity (Wildman–Crippen MR) is 204 cm³/mol. The van der Waals surface area contributed by atoms with Crippen molar-refractivity contribution >= 4 is 56.8 Å². The van der Waals surface area contributed by atoms with Crippen molar-refractivity contribution in [2.75, 3.05) is 9.80 Å². The molecule has 0 amide bonds. The number of nitrogens with zero attached hydrogens (tertiary/aromatic N) is 4. The largest absolute Gasteiger partial charge is 0.453 e. The molecule has 7 aromatic carbocycles. The van der Waals surface area contributed by atoms with Crippen molar-refractivity contribution in [1.82, 2.24) is 9.97 Å². The molecule has 10 rings (SSSR count). The maximum absolute atomic E-state index is 6.29. The molecule has 3 heterocycles. The van der Waals surface area contributed by atoms with Gasteiger partial charge >= 0.3 is 0 Å². The summed E-state index contributed by atoms with van der Waals surface area (Å²) in [5, 5.41) is 0.987. The van der Waals surface area contributed by atoms with E-state index in [4.69, 9.17) is 14.7 Å². The second kappa shape index (κ2) is 11.7. The highest BCUT2D eigenvalue weighted by Crippen LogP contribution is 2.52. The third kappa shape index (κ3) is 4.72. The zero-order chi connectivity index (χ0) is 33.0.